The fraction of sp³-hybridized carbons (Fsp3) is 0.875. The van der Waals surface area contributed by atoms with Crippen molar-refractivity contribution in [1.29, 1.82) is 0 Å². The standard InChI is InChI=1S/C16H31N3O4/c1-15(2,3)22-13(20)12-11-19(10-9-17-7-8-18-12)14(21)23-16(4,5)6/h12,17-18H,7-11H2,1-6H3. The number of amides is 1. The van der Waals surface area contributed by atoms with Gasteiger partial charge in [-0.3, -0.25) is 4.79 Å². The summed E-state index contributed by atoms with van der Waals surface area (Å²) in [6, 6.07) is -0.568. The van der Waals surface area contributed by atoms with E-state index in [9.17, 15) is 9.59 Å². The van der Waals surface area contributed by atoms with E-state index in [4.69, 9.17) is 9.47 Å². The average molecular weight is 329 g/mol. The molecule has 1 atom stereocenters. The van der Waals surface area contributed by atoms with Crippen LogP contribution < -0.4 is 10.6 Å². The van der Waals surface area contributed by atoms with Crippen LogP contribution in [0.5, 0.6) is 0 Å². The zero-order valence-electron chi connectivity index (χ0n) is 15.2. The average Bonchev–Trinajstić information content (AvgIpc) is 2.45. The third-order valence-electron chi connectivity index (χ3n) is 3.00. The third kappa shape index (κ3) is 8.18. The summed E-state index contributed by atoms with van der Waals surface area (Å²) >= 11 is 0. The van der Waals surface area contributed by atoms with Crippen molar-refractivity contribution in [2.24, 2.45) is 0 Å². The zero-order chi connectivity index (χ0) is 17.7. The summed E-state index contributed by atoms with van der Waals surface area (Å²) in [5.74, 6) is -0.354. The lowest BCUT2D eigenvalue weighted by molar-refractivity contribution is -0.157. The molecule has 0 aromatic heterocycles. The summed E-state index contributed by atoms with van der Waals surface area (Å²) < 4.78 is 10.9. The van der Waals surface area contributed by atoms with Crippen molar-refractivity contribution in [3.8, 4) is 0 Å². The fourth-order valence-electron chi connectivity index (χ4n) is 2.07. The van der Waals surface area contributed by atoms with Gasteiger partial charge < -0.3 is 25.0 Å². The van der Waals surface area contributed by atoms with Gasteiger partial charge in [-0.25, -0.2) is 4.79 Å². The van der Waals surface area contributed by atoms with Crippen molar-refractivity contribution in [1.82, 2.24) is 15.5 Å². The van der Waals surface area contributed by atoms with E-state index < -0.39 is 23.3 Å². The molecule has 0 radical (unpaired) electrons. The Kier molecular flexibility index (Phi) is 6.83. The number of carbonyl (C=O) groups excluding carboxylic acids is 2. The molecule has 0 bridgehead atoms. The molecule has 1 unspecified atom stereocenters. The quantitative estimate of drug-likeness (QED) is 0.702. The van der Waals surface area contributed by atoms with Crippen LogP contribution in [-0.2, 0) is 14.3 Å². The maximum absolute atomic E-state index is 12.4. The molecule has 0 aromatic rings. The molecular formula is C16H31N3O4. The minimum absolute atomic E-state index is 0.228. The van der Waals surface area contributed by atoms with Crippen molar-refractivity contribution in [2.75, 3.05) is 32.7 Å². The minimum atomic E-state index is -0.572. The largest absolute Gasteiger partial charge is 0.459 e. The lowest BCUT2D eigenvalue weighted by atomic mass is 10.2. The second-order valence-corrected chi connectivity index (χ2v) is 7.72. The Bertz CT molecular complexity index is 375. The van der Waals surface area contributed by atoms with Crippen LogP contribution in [0.1, 0.15) is 41.5 Å². The number of rotatable bonds is 1. The molecule has 0 aromatic carbocycles. The minimum Gasteiger partial charge on any atom is -0.459 e. The highest BCUT2D eigenvalue weighted by Crippen LogP contribution is 2.12. The number of carbonyl (C=O) groups is 2. The maximum atomic E-state index is 12.4. The molecule has 1 heterocycles. The van der Waals surface area contributed by atoms with Crippen molar-refractivity contribution >= 4 is 12.1 Å². The van der Waals surface area contributed by atoms with Crippen molar-refractivity contribution < 1.29 is 19.1 Å². The fourth-order valence-corrected chi connectivity index (χ4v) is 2.07. The van der Waals surface area contributed by atoms with Crippen LogP contribution in [0.4, 0.5) is 4.79 Å². The van der Waals surface area contributed by atoms with Crippen LogP contribution in [0.15, 0.2) is 0 Å². The molecule has 23 heavy (non-hydrogen) atoms. The summed E-state index contributed by atoms with van der Waals surface area (Å²) in [6.45, 7) is 13.7. The second-order valence-electron chi connectivity index (χ2n) is 7.72. The Balaban J connectivity index is 2.80. The number of ether oxygens (including phenoxy) is 2. The number of esters is 1. The van der Waals surface area contributed by atoms with Crippen molar-refractivity contribution in [2.45, 2.75) is 58.8 Å². The molecule has 1 aliphatic rings. The molecular weight excluding hydrogens is 298 g/mol. The van der Waals surface area contributed by atoms with E-state index in [1.165, 1.54) is 0 Å². The van der Waals surface area contributed by atoms with Crippen LogP contribution >= 0.6 is 0 Å². The van der Waals surface area contributed by atoms with Gasteiger partial charge in [0.15, 0.2) is 0 Å². The number of nitrogens with one attached hydrogen (secondary N) is 2. The number of hydrogen-bond donors (Lipinski definition) is 2. The Hall–Kier alpha value is -1.34. The molecule has 1 rings (SSSR count). The molecule has 1 amide bonds. The highest BCUT2D eigenvalue weighted by Gasteiger charge is 2.30. The van der Waals surface area contributed by atoms with Gasteiger partial charge in [0, 0.05) is 26.2 Å². The van der Waals surface area contributed by atoms with Crippen molar-refractivity contribution in [3.63, 3.8) is 0 Å². The molecule has 2 N–H and O–H groups in total. The first kappa shape index (κ1) is 19.7. The number of nitrogens with zero attached hydrogens (tertiary/aromatic N) is 1. The maximum Gasteiger partial charge on any atom is 0.410 e. The van der Waals surface area contributed by atoms with Gasteiger partial charge in [-0.15, -0.1) is 0 Å². The lowest BCUT2D eigenvalue weighted by Crippen LogP contribution is -2.51. The first-order valence-electron chi connectivity index (χ1n) is 8.13. The van der Waals surface area contributed by atoms with Crippen LogP contribution in [0.2, 0.25) is 0 Å². The molecule has 0 aliphatic carbocycles. The van der Waals surface area contributed by atoms with Gasteiger partial charge in [0.05, 0.1) is 6.54 Å². The first-order valence-corrected chi connectivity index (χ1v) is 8.13. The van der Waals surface area contributed by atoms with Gasteiger partial charge in [-0.05, 0) is 41.5 Å². The first-order chi connectivity index (χ1) is 10.5. The summed E-state index contributed by atoms with van der Waals surface area (Å²) in [7, 11) is 0. The summed E-state index contributed by atoms with van der Waals surface area (Å²) in [4.78, 5) is 26.2. The highest BCUT2D eigenvalue weighted by molar-refractivity contribution is 5.77. The predicted octanol–water partition coefficient (Wildman–Crippen LogP) is 1.13. The van der Waals surface area contributed by atoms with E-state index in [0.717, 1.165) is 6.54 Å². The highest BCUT2D eigenvalue weighted by atomic mass is 16.6. The lowest BCUT2D eigenvalue weighted by Gasteiger charge is -2.30. The molecule has 0 spiro atoms. The van der Waals surface area contributed by atoms with E-state index in [1.807, 2.05) is 41.5 Å². The van der Waals surface area contributed by atoms with E-state index in [-0.39, 0.29) is 12.5 Å². The summed E-state index contributed by atoms with van der Waals surface area (Å²) in [5, 5.41) is 6.36. The monoisotopic (exact) mass is 329 g/mol. The van der Waals surface area contributed by atoms with Crippen LogP contribution in [0, 0.1) is 0 Å². The normalized spacial score (nSPS) is 21.0. The topological polar surface area (TPSA) is 79.9 Å². The molecule has 1 saturated heterocycles. The Labute approximate surface area is 139 Å². The van der Waals surface area contributed by atoms with Gasteiger partial charge in [0.1, 0.15) is 17.2 Å². The SMILES string of the molecule is CC(C)(C)OC(=O)C1CN(C(=O)OC(C)(C)C)CCNCCN1. The van der Waals surface area contributed by atoms with Crippen LogP contribution in [0.3, 0.4) is 0 Å². The van der Waals surface area contributed by atoms with E-state index >= 15 is 0 Å². The van der Waals surface area contributed by atoms with Gasteiger partial charge in [0.2, 0.25) is 0 Å². The van der Waals surface area contributed by atoms with Gasteiger partial charge in [-0.2, -0.15) is 0 Å². The molecule has 134 valence electrons. The van der Waals surface area contributed by atoms with Crippen LogP contribution in [-0.4, -0.2) is 66.9 Å². The molecule has 7 nitrogen and oxygen atoms in total. The molecule has 1 aliphatic heterocycles. The zero-order valence-corrected chi connectivity index (χ0v) is 15.2. The van der Waals surface area contributed by atoms with Gasteiger partial charge in [0.25, 0.3) is 0 Å². The Morgan fingerprint density at radius 1 is 0.957 bits per heavy atom. The number of hydrogen-bond acceptors (Lipinski definition) is 6. The second kappa shape index (κ2) is 7.97. The molecule has 7 heteroatoms. The Morgan fingerprint density at radius 2 is 1.57 bits per heavy atom. The molecule has 0 saturated carbocycles. The van der Waals surface area contributed by atoms with Gasteiger partial charge in [-0.1, -0.05) is 0 Å². The molecule has 1 fully saturated rings. The van der Waals surface area contributed by atoms with E-state index in [0.29, 0.717) is 19.6 Å². The Morgan fingerprint density at radius 3 is 2.13 bits per heavy atom. The van der Waals surface area contributed by atoms with Crippen LogP contribution in [0.25, 0.3) is 0 Å². The van der Waals surface area contributed by atoms with Crippen molar-refractivity contribution in [3.05, 3.63) is 0 Å². The van der Waals surface area contributed by atoms with E-state index in [1.54, 1.807) is 4.90 Å². The van der Waals surface area contributed by atoms with E-state index in [2.05, 4.69) is 10.6 Å². The van der Waals surface area contributed by atoms with Gasteiger partial charge >= 0.3 is 12.1 Å². The summed E-state index contributed by atoms with van der Waals surface area (Å²) in [5.41, 5.74) is -1.13. The smallest absolute Gasteiger partial charge is 0.410 e. The third-order valence-corrected chi connectivity index (χ3v) is 3.00. The predicted molar refractivity (Wildman–Crippen MR) is 88.3 cm³/mol. The summed E-state index contributed by atoms with van der Waals surface area (Å²) in [6.07, 6.45) is -0.420.